The second kappa shape index (κ2) is 9.54. The highest BCUT2D eigenvalue weighted by molar-refractivity contribution is 6.20. The van der Waals surface area contributed by atoms with E-state index in [0.29, 0.717) is 0 Å². The monoisotopic (exact) mass is 606 g/mol. The molecule has 0 bridgehead atoms. The van der Waals surface area contributed by atoms with Gasteiger partial charge in [0.15, 0.2) is 6.17 Å². The quantitative estimate of drug-likeness (QED) is 0.213. The van der Waals surface area contributed by atoms with Gasteiger partial charge in [-0.1, -0.05) is 123 Å². The Hall–Kier alpha value is -5.94. The van der Waals surface area contributed by atoms with Crippen molar-refractivity contribution in [2.75, 3.05) is 0 Å². The van der Waals surface area contributed by atoms with Crippen LogP contribution in [0.4, 0.5) is 0 Å². The van der Waals surface area contributed by atoms with E-state index in [4.69, 9.17) is 14.4 Å². The average molecular weight is 607 g/mol. The molecule has 0 fully saturated rings. The number of aliphatic imine (C=N–C) groups is 2. The third-order valence-electron chi connectivity index (χ3n) is 10.0. The van der Waals surface area contributed by atoms with E-state index in [-0.39, 0.29) is 5.41 Å². The molecule has 0 spiro atoms. The summed E-state index contributed by atoms with van der Waals surface area (Å²) in [4.78, 5) is 10.6. The molecule has 5 heteroatoms. The highest BCUT2D eigenvalue weighted by atomic mass is 16.3. The van der Waals surface area contributed by atoms with Crippen molar-refractivity contribution in [3.05, 3.63) is 156 Å². The predicted octanol–water partition coefficient (Wildman–Crippen LogP) is 9.95. The zero-order chi connectivity index (χ0) is 31.3. The van der Waals surface area contributed by atoms with E-state index in [9.17, 15) is 0 Å². The van der Waals surface area contributed by atoms with Gasteiger partial charge in [0.2, 0.25) is 5.96 Å². The fourth-order valence-electron chi connectivity index (χ4n) is 7.88. The van der Waals surface area contributed by atoms with Gasteiger partial charge in [0.1, 0.15) is 17.0 Å². The third kappa shape index (κ3) is 3.71. The highest BCUT2D eigenvalue weighted by Crippen LogP contribution is 2.52. The first-order valence-corrected chi connectivity index (χ1v) is 16.1. The molecule has 47 heavy (non-hydrogen) atoms. The Bertz CT molecular complexity index is 2640. The number of hydrogen-bond donors (Lipinski definition) is 1. The van der Waals surface area contributed by atoms with Crippen molar-refractivity contribution >= 4 is 55.5 Å². The van der Waals surface area contributed by atoms with Crippen LogP contribution in [0.2, 0.25) is 0 Å². The van der Waals surface area contributed by atoms with E-state index in [1.54, 1.807) is 0 Å². The Morgan fingerprint density at radius 1 is 0.638 bits per heavy atom. The summed E-state index contributed by atoms with van der Waals surface area (Å²) in [6.45, 7) is 4.69. The van der Waals surface area contributed by atoms with Gasteiger partial charge in [-0.2, -0.15) is 0 Å². The molecule has 3 heterocycles. The number of aromatic nitrogens is 1. The van der Waals surface area contributed by atoms with Gasteiger partial charge < -0.3 is 9.73 Å². The summed E-state index contributed by atoms with van der Waals surface area (Å²) in [5.74, 6) is 1.55. The number of amidine groups is 1. The number of rotatable bonds is 2. The summed E-state index contributed by atoms with van der Waals surface area (Å²) in [5, 5.41) is 8.28. The molecule has 2 aliphatic rings. The molecule has 1 aliphatic heterocycles. The van der Waals surface area contributed by atoms with E-state index in [0.717, 1.165) is 50.4 Å². The second-order valence-corrected chi connectivity index (χ2v) is 13.1. The van der Waals surface area contributed by atoms with Gasteiger partial charge in [-0.25, -0.2) is 9.98 Å². The van der Waals surface area contributed by atoms with Crippen LogP contribution in [0.5, 0.6) is 0 Å². The van der Waals surface area contributed by atoms with Crippen molar-refractivity contribution in [1.29, 1.82) is 0 Å². The summed E-state index contributed by atoms with van der Waals surface area (Å²) in [5.41, 5.74) is 11.1. The largest absolute Gasteiger partial charge is 0.456 e. The molecular weight excluding hydrogens is 576 g/mol. The zero-order valence-electron chi connectivity index (χ0n) is 26.0. The fraction of sp³-hybridized carbons (Fsp3) is 0.0952. The molecule has 6 aromatic carbocycles. The summed E-state index contributed by atoms with van der Waals surface area (Å²) in [7, 11) is 0. The summed E-state index contributed by atoms with van der Waals surface area (Å²) >= 11 is 0. The minimum absolute atomic E-state index is 0.198. The van der Waals surface area contributed by atoms with E-state index < -0.39 is 6.17 Å². The SMILES string of the molecule is CC1(C)c2ccccc2-c2ccc3c4ccccc4n(C4=NC(c5ccc6oc7ccccc7c6c5)N=C(c5ccccc5)N4)c3c21. The van der Waals surface area contributed by atoms with E-state index >= 15 is 0 Å². The lowest BCUT2D eigenvalue weighted by Crippen LogP contribution is -2.39. The lowest BCUT2D eigenvalue weighted by Gasteiger charge is -2.26. The molecule has 0 amide bonds. The molecule has 0 radical (unpaired) electrons. The first-order valence-electron chi connectivity index (χ1n) is 16.1. The first kappa shape index (κ1) is 26.3. The smallest absolute Gasteiger partial charge is 0.211 e. The van der Waals surface area contributed by atoms with Crippen LogP contribution < -0.4 is 5.32 Å². The molecule has 10 rings (SSSR count). The van der Waals surface area contributed by atoms with Crippen molar-refractivity contribution in [2.45, 2.75) is 25.4 Å². The number of fused-ring (bicyclic) bond motifs is 10. The zero-order valence-corrected chi connectivity index (χ0v) is 26.0. The van der Waals surface area contributed by atoms with Crippen LogP contribution >= 0.6 is 0 Å². The number of nitrogens with zero attached hydrogens (tertiary/aromatic N) is 3. The standard InChI is InChI=1S/C42H30N4O/c1-42(2)33-17-9-6-14-27(33)30-21-22-31-28-15-7-10-18-34(28)46(38(31)37(30)42)41-44-39(25-12-4-3-5-13-25)43-40(45-41)26-20-23-36-32(24-26)29-16-8-11-19-35(29)47-36/h3-24,40H,1-2H3,(H,43,44,45). The van der Waals surface area contributed by atoms with Gasteiger partial charge in [-0.15, -0.1) is 0 Å². The maximum absolute atomic E-state index is 6.16. The summed E-state index contributed by atoms with van der Waals surface area (Å²) in [6, 6.07) is 46.9. The molecule has 0 saturated heterocycles. The minimum Gasteiger partial charge on any atom is -0.456 e. The van der Waals surface area contributed by atoms with Crippen molar-refractivity contribution in [3.63, 3.8) is 0 Å². The van der Waals surface area contributed by atoms with Gasteiger partial charge in [0.25, 0.3) is 0 Å². The maximum atomic E-state index is 6.16. The van der Waals surface area contributed by atoms with Gasteiger partial charge in [0.05, 0.1) is 11.0 Å². The van der Waals surface area contributed by atoms with Crippen LogP contribution in [0.25, 0.3) is 54.9 Å². The van der Waals surface area contributed by atoms with E-state index in [2.05, 4.69) is 133 Å². The van der Waals surface area contributed by atoms with E-state index in [1.807, 2.05) is 24.3 Å². The van der Waals surface area contributed by atoms with Gasteiger partial charge >= 0.3 is 0 Å². The van der Waals surface area contributed by atoms with Gasteiger partial charge in [-0.3, -0.25) is 4.57 Å². The number of para-hydroxylation sites is 2. The molecular formula is C42H30N4O. The minimum atomic E-state index is -0.460. The molecule has 1 atom stereocenters. The summed E-state index contributed by atoms with van der Waals surface area (Å²) < 4.78 is 8.50. The Kier molecular flexibility index (Phi) is 5.33. The van der Waals surface area contributed by atoms with Crippen LogP contribution in [0.1, 0.15) is 42.3 Å². The maximum Gasteiger partial charge on any atom is 0.211 e. The number of hydrogen-bond acceptors (Lipinski definition) is 4. The highest BCUT2D eigenvalue weighted by Gasteiger charge is 2.39. The molecule has 224 valence electrons. The van der Waals surface area contributed by atoms with Crippen LogP contribution in [0, 0.1) is 0 Å². The third-order valence-corrected chi connectivity index (χ3v) is 10.0. The van der Waals surface area contributed by atoms with Crippen LogP contribution in [0.3, 0.4) is 0 Å². The lowest BCUT2D eigenvalue weighted by atomic mass is 9.81. The number of furan rings is 1. The van der Waals surface area contributed by atoms with Crippen molar-refractivity contribution in [2.24, 2.45) is 9.98 Å². The number of nitrogens with one attached hydrogen (secondary N) is 1. The Morgan fingerprint density at radius 3 is 2.28 bits per heavy atom. The van der Waals surface area contributed by atoms with Crippen LogP contribution in [-0.4, -0.2) is 16.4 Å². The Morgan fingerprint density at radius 2 is 1.38 bits per heavy atom. The first-order chi connectivity index (χ1) is 23.1. The van der Waals surface area contributed by atoms with Crippen molar-refractivity contribution in [3.8, 4) is 11.1 Å². The normalized spacial score (nSPS) is 16.7. The van der Waals surface area contributed by atoms with Gasteiger partial charge in [-0.05, 0) is 52.1 Å². The van der Waals surface area contributed by atoms with Crippen LogP contribution in [0.15, 0.2) is 148 Å². The summed E-state index contributed by atoms with van der Waals surface area (Å²) in [6.07, 6.45) is -0.460. The molecule has 2 aromatic heterocycles. The van der Waals surface area contributed by atoms with Gasteiger partial charge in [0, 0.05) is 32.5 Å². The molecule has 1 N–H and O–H groups in total. The van der Waals surface area contributed by atoms with E-state index in [1.165, 1.54) is 38.5 Å². The molecule has 1 aliphatic carbocycles. The average Bonchev–Trinajstić information content (AvgIpc) is 3.74. The van der Waals surface area contributed by atoms with Crippen molar-refractivity contribution < 1.29 is 4.42 Å². The molecule has 8 aromatic rings. The Labute approximate surface area is 271 Å². The lowest BCUT2D eigenvalue weighted by molar-refractivity contribution is 0.663. The predicted molar refractivity (Wildman–Crippen MR) is 192 cm³/mol. The fourth-order valence-corrected chi connectivity index (χ4v) is 7.88. The second-order valence-electron chi connectivity index (χ2n) is 13.1. The number of benzene rings is 6. The van der Waals surface area contributed by atoms with Crippen molar-refractivity contribution in [1.82, 2.24) is 9.88 Å². The molecule has 0 saturated carbocycles. The molecule has 5 nitrogen and oxygen atoms in total. The van der Waals surface area contributed by atoms with Crippen LogP contribution in [-0.2, 0) is 5.41 Å². The topological polar surface area (TPSA) is 54.8 Å². The Balaban J connectivity index is 1.25. The molecule has 1 unspecified atom stereocenters.